The highest BCUT2D eigenvalue weighted by Gasteiger charge is 2.22. The van der Waals surface area contributed by atoms with Crippen LogP contribution in [0.3, 0.4) is 0 Å². The largest absolute Gasteiger partial charge is 0.491 e. The lowest BCUT2D eigenvalue weighted by Gasteiger charge is -2.13. The van der Waals surface area contributed by atoms with Crippen LogP contribution in [0.2, 0.25) is 5.02 Å². The number of H-pyrrole nitrogens is 1. The van der Waals surface area contributed by atoms with Crippen LogP contribution in [0.5, 0.6) is 5.75 Å². The van der Waals surface area contributed by atoms with Gasteiger partial charge >= 0.3 is 5.97 Å². The van der Waals surface area contributed by atoms with Gasteiger partial charge in [0.15, 0.2) is 0 Å². The zero-order valence-corrected chi connectivity index (χ0v) is 20.8. The second-order valence-electron chi connectivity index (χ2n) is 9.10. The summed E-state index contributed by atoms with van der Waals surface area (Å²) >= 11 is 6.28. The lowest BCUT2D eigenvalue weighted by molar-refractivity contribution is 0.0692. The molecule has 1 heterocycles. The molecule has 4 aromatic carbocycles. The third kappa shape index (κ3) is 4.86. The summed E-state index contributed by atoms with van der Waals surface area (Å²) in [4.78, 5) is 15.5. The maximum atomic E-state index is 12.3. The van der Waals surface area contributed by atoms with E-state index in [9.17, 15) is 9.90 Å². The van der Waals surface area contributed by atoms with Crippen LogP contribution in [0.1, 0.15) is 35.5 Å². The fraction of sp³-hybridized carbons (Fsp3) is 0.129. The molecule has 0 amide bonds. The minimum absolute atomic E-state index is 0.0984. The Bertz CT molecular complexity index is 1540. The van der Waals surface area contributed by atoms with Crippen molar-refractivity contribution in [2.24, 2.45) is 0 Å². The molecule has 4 nitrogen and oxygen atoms in total. The first kappa shape index (κ1) is 23.7. The van der Waals surface area contributed by atoms with Crippen molar-refractivity contribution in [3.63, 3.8) is 0 Å². The summed E-state index contributed by atoms with van der Waals surface area (Å²) in [7, 11) is 0. The Labute approximate surface area is 215 Å². The van der Waals surface area contributed by atoms with Crippen molar-refractivity contribution in [1.82, 2.24) is 4.98 Å². The monoisotopic (exact) mass is 495 g/mol. The molecule has 5 aromatic rings. The van der Waals surface area contributed by atoms with Crippen LogP contribution in [0.4, 0.5) is 0 Å². The molecule has 0 saturated carbocycles. The SMILES string of the molecule is CC(C)Oc1ccc(-c2cc(Cc3cccc(Cl)c3)c3c(-c4ccccc4)c(C(=O)O)[nH]c3c2)cc1. The quantitative estimate of drug-likeness (QED) is 0.239. The molecule has 2 N–H and O–H groups in total. The van der Waals surface area contributed by atoms with Crippen molar-refractivity contribution in [3.8, 4) is 28.0 Å². The zero-order chi connectivity index (χ0) is 25.2. The van der Waals surface area contributed by atoms with E-state index >= 15 is 0 Å². The van der Waals surface area contributed by atoms with Crippen LogP contribution >= 0.6 is 11.6 Å². The third-order valence-electron chi connectivity index (χ3n) is 6.10. The Morgan fingerprint density at radius 2 is 1.64 bits per heavy atom. The fourth-order valence-corrected chi connectivity index (χ4v) is 4.86. The molecule has 0 aliphatic rings. The summed E-state index contributed by atoms with van der Waals surface area (Å²) in [6, 6.07) is 29.6. The van der Waals surface area contributed by atoms with E-state index < -0.39 is 5.97 Å². The van der Waals surface area contributed by atoms with E-state index in [1.807, 2.05) is 98.8 Å². The number of nitrogens with one attached hydrogen (secondary N) is 1. The van der Waals surface area contributed by atoms with E-state index in [-0.39, 0.29) is 11.8 Å². The maximum Gasteiger partial charge on any atom is 0.352 e. The van der Waals surface area contributed by atoms with Crippen LogP contribution in [-0.4, -0.2) is 22.2 Å². The highest BCUT2D eigenvalue weighted by atomic mass is 35.5. The minimum atomic E-state index is -0.990. The lowest BCUT2D eigenvalue weighted by atomic mass is 9.92. The predicted molar refractivity (Wildman–Crippen MR) is 146 cm³/mol. The molecule has 0 saturated heterocycles. The number of carboxylic acid groups (broad SMARTS) is 1. The van der Waals surface area contributed by atoms with Crippen LogP contribution in [0.25, 0.3) is 33.2 Å². The average Bonchev–Trinajstić information content (AvgIpc) is 3.25. The summed E-state index contributed by atoms with van der Waals surface area (Å²) in [5.41, 5.74) is 6.61. The van der Waals surface area contributed by atoms with E-state index in [2.05, 4.69) is 11.1 Å². The van der Waals surface area contributed by atoms with Crippen molar-refractivity contribution in [3.05, 3.63) is 113 Å². The molecule has 1 aromatic heterocycles. The lowest BCUT2D eigenvalue weighted by Crippen LogP contribution is -2.05. The van der Waals surface area contributed by atoms with Gasteiger partial charge in [-0.25, -0.2) is 4.79 Å². The molecule has 0 fully saturated rings. The first-order chi connectivity index (χ1) is 17.4. The smallest absolute Gasteiger partial charge is 0.352 e. The van der Waals surface area contributed by atoms with Crippen LogP contribution in [0.15, 0.2) is 91.0 Å². The number of hydrogen-bond donors (Lipinski definition) is 2. The first-order valence-electron chi connectivity index (χ1n) is 11.9. The molecule has 5 rings (SSSR count). The summed E-state index contributed by atoms with van der Waals surface area (Å²) in [6.45, 7) is 4.00. The number of ether oxygens (including phenoxy) is 1. The van der Waals surface area contributed by atoms with Crippen LogP contribution in [0, 0.1) is 0 Å². The summed E-state index contributed by atoms with van der Waals surface area (Å²) < 4.78 is 5.80. The molecular formula is C31H26ClNO3. The van der Waals surface area contributed by atoms with Gasteiger partial charge in [-0.05, 0) is 78.4 Å². The number of aromatic amines is 1. The zero-order valence-electron chi connectivity index (χ0n) is 20.1. The third-order valence-corrected chi connectivity index (χ3v) is 6.33. The number of hydrogen-bond acceptors (Lipinski definition) is 2. The van der Waals surface area contributed by atoms with Gasteiger partial charge in [0.25, 0.3) is 0 Å². The molecule has 0 atom stereocenters. The maximum absolute atomic E-state index is 12.3. The van der Waals surface area contributed by atoms with Crippen molar-refractivity contribution in [1.29, 1.82) is 0 Å². The molecule has 5 heteroatoms. The molecule has 180 valence electrons. The van der Waals surface area contributed by atoms with Gasteiger partial charge < -0.3 is 14.8 Å². The van der Waals surface area contributed by atoms with Gasteiger partial charge in [-0.3, -0.25) is 0 Å². The standard InChI is InChI=1S/C31H26ClNO3/c1-19(2)36-26-13-11-21(12-14-26)23-17-24(15-20-7-6-10-25(32)16-20)28-27(18-23)33-30(31(34)35)29(28)22-8-4-3-5-9-22/h3-14,16-19,33H,15H2,1-2H3,(H,34,35). The number of halogens is 1. The Morgan fingerprint density at radius 3 is 2.31 bits per heavy atom. The first-order valence-corrected chi connectivity index (χ1v) is 12.3. The molecule has 0 aliphatic heterocycles. The normalized spacial score (nSPS) is 11.2. The molecule has 0 bridgehead atoms. The van der Waals surface area contributed by atoms with E-state index in [1.165, 1.54) is 0 Å². The molecular weight excluding hydrogens is 470 g/mol. The number of carboxylic acids is 1. The Hall–Kier alpha value is -4.02. The molecule has 0 unspecified atom stereocenters. The number of aromatic nitrogens is 1. The molecule has 0 spiro atoms. The van der Waals surface area contributed by atoms with Crippen LogP contribution < -0.4 is 4.74 Å². The van der Waals surface area contributed by atoms with E-state index in [0.29, 0.717) is 17.0 Å². The minimum Gasteiger partial charge on any atom is -0.491 e. The van der Waals surface area contributed by atoms with Gasteiger partial charge in [0, 0.05) is 21.5 Å². The number of fused-ring (bicyclic) bond motifs is 1. The highest BCUT2D eigenvalue weighted by Crippen LogP contribution is 2.39. The van der Waals surface area contributed by atoms with Gasteiger partial charge in [-0.2, -0.15) is 0 Å². The number of carbonyl (C=O) groups is 1. The van der Waals surface area contributed by atoms with Crippen molar-refractivity contribution in [2.45, 2.75) is 26.4 Å². The van der Waals surface area contributed by atoms with Crippen molar-refractivity contribution < 1.29 is 14.6 Å². The summed E-state index contributed by atoms with van der Waals surface area (Å²) in [6.07, 6.45) is 0.706. The van der Waals surface area contributed by atoms with E-state index in [1.54, 1.807) is 0 Å². The van der Waals surface area contributed by atoms with Crippen LogP contribution in [-0.2, 0) is 6.42 Å². The van der Waals surface area contributed by atoms with Crippen molar-refractivity contribution in [2.75, 3.05) is 0 Å². The van der Waals surface area contributed by atoms with Gasteiger partial charge in [0.2, 0.25) is 0 Å². The van der Waals surface area contributed by atoms with Gasteiger partial charge in [-0.15, -0.1) is 0 Å². The predicted octanol–water partition coefficient (Wildman–Crippen LogP) is 8.23. The molecule has 0 aliphatic carbocycles. The van der Waals surface area contributed by atoms with E-state index in [4.69, 9.17) is 16.3 Å². The van der Waals surface area contributed by atoms with Gasteiger partial charge in [0.1, 0.15) is 11.4 Å². The Kier molecular flexibility index (Phi) is 6.53. The Morgan fingerprint density at radius 1 is 0.889 bits per heavy atom. The fourth-order valence-electron chi connectivity index (χ4n) is 4.64. The summed E-state index contributed by atoms with van der Waals surface area (Å²) in [5, 5.41) is 11.6. The van der Waals surface area contributed by atoms with Crippen molar-refractivity contribution >= 4 is 28.5 Å². The summed E-state index contributed by atoms with van der Waals surface area (Å²) in [5.74, 6) is -0.177. The number of rotatable bonds is 7. The van der Waals surface area contributed by atoms with E-state index in [0.717, 1.165) is 44.5 Å². The highest BCUT2D eigenvalue weighted by molar-refractivity contribution is 6.30. The second kappa shape index (κ2) is 9.92. The second-order valence-corrected chi connectivity index (χ2v) is 9.54. The van der Waals surface area contributed by atoms with Gasteiger partial charge in [-0.1, -0.05) is 72.3 Å². The van der Waals surface area contributed by atoms with Gasteiger partial charge in [0.05, 0.1) is 6.10 Å². The number of benzene rings is 4. The number of aromatic carboxylic acids is 1. The topological polar surface area (TPSA) is 62.3 Å². The average molecular weight is 496 g/mol. The molecule has 36 heavy (non-hydrogen) atoms. The Balaban J connectivity index is 1.73. The molecule has 0 radical (unpaired) electrons.